The van der Waals surface area contributed by atoms with Gasteiger partial charge in [0.1, 0.15) is 5.75 Å². The highest BCUT2D eigenvalue weighted by Crippen LogP contribution is 2.42. The van der Waals surface area contributed by atoms with Gasteiger partial charge >= 0.3 is 0 Å². The van der Waals surface area contributed by atoms with E-state index >= 15 is 0 Å². The molecule has 0 unspecified atom stereocenters. The molecule has 0 fully saturated rings. The van der Waals surface area contributed by atoms with E-state index in [9.17, 15) is 0 Å². The molecule has 1 rings (SSSR count). The van der Waals surface area contributed by atoms with Crippen molar-refractivity contribution in [2.24, 2.45) is 0 Å². The highest BCUT2D eigenvalue weighted by atomic mass is 31.1. The number of nitrogens with zero attached hydrogens (tertiary/aromatic N) is 2. The van der Waals surface area contributed by atoms with Crippen LogP contribution in [0.5, 0.6) is 5.75 Å². The fourth-order valence-corrected chi connectivity index (χ4v) is 4.70. The van der Waals surface area contributed by atoms with Gasteiger partial charge in [0.25, 0.3) is 0 Å². The molecule has 19 heavy (non-hydrogen) atoms. The van der Waals surface area contributed by atoms with Crippen molar-refractivity contribution in [3.05, 3.63) is 24.3 Å². The van der Waals surface area contributed by atoms with E-state index in [1.807, 2.05) is 0 Å². The van der Waals surface area contributed by atoms with Gasteiger partial charge in [-0.25, -0.2) is 0 Å². The third-order valence-electron chi connectivity index (χ3n) is 3.30. The van der Waals surface area contributed by atoms with Crippen LogP contribution in [-0.4, -0.2) is 42.6 Å². The number of hydrogen-bond acceptors (Lipinski definition) is 3. The van der Waals surface area contributed by atoms with E-state index in [0.717, 1.165) is 31.9 Å². The molecular weight excluding hydrogens is 255 g/mol. The molecule has 0 aromatic heterocycles. The molecule has 0 N–H and O–H groups in total. The molecule has 0 saturated heterocycles. The van der Waals surface area contributed by atoms with Crippen molar-refractivity contribution in [1.29, 1.82) is 0 Å². The quantitative estimate of drug-likeness (QED) is 0.680. The molecule has 1 aromatic carbocycles. The van der Waals surface area contributed by atoms with Crippen LogP contribution in [0.1, 0.15) is 27.7 Å². The fourth-order valence-electron chi connectivity index (χ4n) is 2.20. The third-order valence-corrected chi connectivity index (χ3v) is 6.26. The van der Waals surface area contributed by atoms with Crippen LogP contribution in [0.15, 0.2) is 24.3 Å². The van der Waals surface area contributed by atoms with Gasteiger partial charge in [-0.15, -0.1) is 0 Å². The summed E-state index contributed by atoms with van der Waals surface area (Å²) in [6.45, 7) is 13.3. The van der Waals surface area contributed by atoms with Crippen LogP contribution >= 0.6 is 8.22 Å². The van der Waals surface area contributed by atoms with E-state index in [1.54, 1.807) is 7.11 Å². The van der Waals surface area contributed by atoms with E-state index in [4.69, 9.17) is 4.74 Å². The van der Waals surface area contributed by atoms with Crippen LogP contribution < -0.4 is 10.0 Å². The van der Waals surface area contributed by atoms with Gasteiger partial charge in [0.05, 0.1) is 15.3 Å². The van der Waals surface area contributed by atoms with Crippen LogP contribution in [0.2, 0.25) is 0 Å². The molecule has 0 aliphatic rings. The van der Waals surface area contributed by atoms with E-state index in [-0.39, 0.29) is 8.22 Å². The van der Waals surface area contributed by atoms with Gasteiger partial charge in [0.2, 0.25) is 0 Å². The molecule has 0 radical (unpaired) electrons. The molecule has 108 valence electrons. The smallest absolute Gasteiger partial charge is 0.118 e. The maximum atomic E-state index is 5.26. The lowest BCUT2D eigenvalue weighted by atomic mass is 10.3. The highest BCUT2D eigenvalue weighted by molar-refractivity contribution is 7.61. The average Bonchev–Trinajstić information content (AvgIpc) is 2.48. The largest absolute Gasteiger partial charge is 0.497 e. The van der Waals surface area contributed by atoms with Gasteiger partial charge < -0.3 is 4.74 Å². The fraction of sp³-hybridized carbons (Fsp3) is 0.600. The number of ether oxygens (including phenoxy) is 1. The van der Waals surface area contributed by atoms with Gasteiger partial charge in [0, 0.05) is 31.5 Å². The second-order valence-corrected chi connectivity index (χ2v) is 6.49. The van der Waals surface area contributed by atoms with Gasteiger partial charge in [-0.05, 0) is 24.3 Å². The Bertz CT molecular complexity index is 336. The molecule has 0 amide bonds. The summed E-state index contributed by atoms with van der Waals surface area (Å²) in [6.07, 6.45) is 0. The average molecular weight is 282 g/mol. The Morgan fingerprint density at radius 1 is 0.842 bits per heavy atom. The predicted octanol–water partition coefficient (Wildman–Crippen LogP) is 3.32. The molecule has 0 bridgehead atoms. The predicted molar refractivity (Wildman–Crippen MR) is 85.4 cm³/mol. The minimum atomic E-state index is -0.389. The minimum absolute atomic E-state index is 0.389. The standard InChI is InChI=1S/C15H27N2OP/c1-6-16(7-2)19(17(8-3)9-4)15-12-10-14(18-5)11-13-15/h10-13H,6-9H2,1-5H3. The second kappa shape index (κ2) is 8.52. The Morgan fingerprint density at radius 3 is 1.58 bits per heavy atom. The summed E-state index contributed by atoms with van der Waals surface area (Å²) in [7, 11) is 1.33. The Morgan fingerprint density at radius 2 is 1.26 bits per heavy atom. The van der Waals surface area contributed by atoms with Crippen molar-refractivity contribution < 1.29 is 4.74 Å². The molecular formula is C15H27N2OP. The first-order valence-electron chi connectivity index (χ1n) is 7.15. The topological polar surface area (TPSA) is 15.7 Å². The summed E-state index contributed by atoms with van der Waals surface area (Å²) in [5.41, 5.74) is 0. The molecule has 0 spiro atoms. The number of hydrogen-bond donors (Lipinski definition) is 0. The van der Waals surface area contributed by atoms with Crippen molar-refractivity contribution in [3.63, 3.8) is 0 Å². The van der Waals surface area contributed by atoms with E-state index < -0.39 is 0 Å². The van der Waals surface area contributed by atoms with E-state index in [0.29, 0.717) is 0 Å². The van der Waals surface area contributed by atoms with Gasteiger partial charge in [-0.1, -0.05) is 27.7 Å². The molecule has 0 saturated carbocycles. The van der Waals surface area contributed by atoms with Gasteiger partial charge in [0.15, 0.2) is 0 Å². The molecule has 0 heterocycles. The van der Waals surface area contributed by atoms with Gasteiger partial charge in [-0.3, -0.25) is 9.34 Å². The third kappa shape index (κ3) is 4.17. The zero-order valence-corrected chi connectivity index (χ0v) is 13.8. The molecule has 0 atom stereocenters. The zero-order valence-electron chi connectivity index (χ0n) is 12.9. The molecule has 3 nitrogen and oxygen atoms in total. The maximum absolute atomic E-state index is 5.26. The van der Waals surface area contributed by atoms with Crippen molar-refractivity contribution in [1.82, 2.24) is 9.34 Å². The van der Waals surface area contributed by atoms with Gasteiger partial charge in [-0.2, -0.15) is 0 Å². The summed E-state index contributed by atoms with van der Waals surface area (Å²) < 4.78 is 10.4. The zero-order chi connectivity index (χ0) is 14.3. The second-order valence-electron chi connectivity index (χ2n) is 4.27. The van der Waals surface area contributed by atoms with Crippen LogP contribution in [0.3, 0.4) is 0 Å². The van der Waals surface area contributed by atoms with E-state index in [1.165, 1.54) is 5.30 Å². The molecule has 4 heteroatoms. The number of methoxy groups -OCH3 is 1. The Hall–Kier alpha value is -0.630. The normalized spacial score (nSPS) is 11.6. The lowest BCUT2D eigenvalue weighted by Gasteiger charge is -2.37. The summed E-state index contributed by atoms with van der Waals surface area (Å²) in [6, 6.07) is 8.55. The first kappa shape index (κ1) is 16.4. The van der Waals surface area contributed by atoms with Crippen molar-refractivity contribution >= 4 is 13.5 Å². The van der Waals surface area contributed by atoms with E-state index in [2.05, 4.69) is 61.3 Å². The first-order chi connectivity index (χ1) is 9.21. The Balaban J connectivity index is 3.05. The lowest BCUT2D eigenvalue weighted by Crippen LogP contribution is -2.33. The Labute approximate surface area is 119 Å². The summed E-state index contributed by atoms with van der Waals surface area (Å²) in [4.78, 5) is 0. The maximum Gasteiger partial charge on any atom is 0.118 e. The summed E-state index contributed by atoms with van der Waals surface area (Å²) >= 11 is 0. The highest BCUT2D eigenvalue weighted by Gasteiger charge is 2.23. The SMILES string of the molecule is CCN(CC)P(c1ccc(OC)cc1)N(CC)CC. The molecule has 0 aliphatic carbocycles. The number of benzene rings is 1. The monoisotopic (exact) mass is 282 g/mol. The van der Waals surface area contributed by atoms with Crippen LogP contribution in [0.4, 0.5) is 0 Å². The lowest BCUT2D eigenvalue weighted by molar-refractivity contribution is 0.414. The minimum Gasteiger partial charge on any atom is -0.497 e. The van der Waals surface area contributed by atoms with Crippen molar-refractivity contribution in [3.8, 4) is 5.75 Å². The van der Waals surface area contributed by atoms with Crippen molar-refractivity contribution in [2.45, 2.75) is 27.7 Å². The number of rotatable bonds is 8. The van der Waals surface area contributed by atoms with Crippen LogP contribution in [0, 0.1) is 0 Å². The van der Waals surface area contributed by atoms with Crippen molar-refractivity contribution in [2.75, 3.05) is 33.3 Å². The first-order valence-corrected chi connectivity index (χ1v) is 8.40. The van der Waals surface area contributed by atoms with Crippen LogP contribution in [-0.2, 0) is 0 Å². The molecule has 1 aromatic rings. The summed E-state index contributed by atoms with van der Waals surface area (Å²) in [5.74, 6) is 0.929. The van der Waals surface area contributed by atoms with Crippen LogP contribution in [0.25, 0.3) is 0 Å². The molecule has 0 aliphatic heterocycles. The Kier molecular flexibility index (Phi) is 7.37. The summed E-state index contributed by atoms with van der Waals surface area (Å²) in [5, 5.41) is 1.41.